The third kappa shape index (κ3) is 3.74. The lowest BCUT2D eigenvalue weighted by Gasteiger charge is -2.21. The maximum atomic E-state index is 12.3. The number of aromatic nitrogens is 5. The van der Waals surface area contributed by atoms with Crippen LogP contribution in [0.25, 0.3) is 5.69 Å². The lowest BCUT2D eigenvalue weighted by molar-refractivity contribution is 0.0524. The van der Waals surface area contributed by atoms with Crippen molar-refractivity contribution in [2.45, 2.75) is 19.4 Å². The monoisotopic (exact) mass is 340 g/mol. The lowest BCUT2D eigenvalue weighted by atomic mass is 10.00. The summed E-state index contributed by atoms with van der Waals surface area (Å²) >= 11 is 0. The Balaban J connectivity index is 1.67. The van der Waals surface area contributed by atoms with Crippen LogP contribution in [0.15, 0.2) is 42.9 Å². The maximum Gasteiger partial charge on any atom is 0.273 e. The largest absolute Gasteiger partial charge is 0.383 e. The Labute approximate surface area is 145 Å². The number of benzene rings is 1. The van der Waals surface area contributed by atoms with Crippen LogP contribution in [0, 0.1) is 6.92 Å². The van der Waals surface area contributed by atoms with E-state index in [1.54, 1.807) is 37.2 Å². The smallest absolute Gasteiger partial charge is 0.273 e. The average Bonchev–Trinajstić information content (AvgIpc) is 3.23. The molecule has 0 bridgehead atoms. The fourth-order valence-corrected chi connectivity index (χ4v) is 2.34. The van der Waals surface area contributed by atoms with E-state index in [4.69, 9.17) is 0 Å². The summed E-state index contributed by atoms with van der Waals surface area (Å²) in [6.45, 7) is 3.65. The SMILES string of the molecule is Cc1ccc(-n2cc(C(=O)NCC(C)(O)c3cnn(C)c3)nn2)cc1. The van der Waals surface area contributed by atoms with E-state index in [-0.39, 0.29) is 12.2 Å². The average molecular weight is 340 g/mol. The van der Waals surface area contributed by atoms with Gasteiger partial charge in [-0.1, -0.05) is 22.9 Å². The number of carbonyl (C=O) groups is 1. The highest BCUT2D eigenvalue weighted by Crippen LogP contribution is 2.18. The molecule has 8 heteroatoms. The summed E-state index contributed by atoms with van der Waals surface area (Å²) in [4.78, 5) is 12.3. The summed E-state index contributed by atoms with van der Waals surface area (Å²) < 4.78 is 3.13. The summed E-state index contributed by atoms with van der Waals surface area (Å²) in [7, 11) is 1.77. The van der Waals surface area contributed by atoms with Crippen LogP contribution >= 0.6 is 0 Å². The molecule has 0 spiro atoms. The van der Waals surface area contributed by atoms with Gasteiger partial charge in [0.05, 0.1) is 24.6 Å². The zero-order chi connectivity index (χ0) is 18.0. The van der Waals surface area contributed by atoms with E-state index in [9.17, 15) is 9.90 Å². The minimum absolute atomic E-state index is 0.0366. The van der Waals surface area contributed by atoms with Crippen molar-refractivity contribution < 1.29 is 9.90 Å². The second-order valence-electron chi connectivity index (χ2n) is 6.24. The molecule has 130 valence electrons. The number of nitrogens with one attached hydrogen (secondary N) is 1. The fourth-order valence-electron chi connectivity index (χ4n) is 2.34. The predicted octanol–water partition coefficient (Wildman–Crippen LogP) is 0.947. The summed E-state index contributed by atoms with van der Waals surface area (Å²) in [5.74, 6) is -0.400. The highest BCUT2D eigenvalue weighted by molar-refractivity contribution is 5.91. The zero-order valence-electron chi connectivity index (χ0n) is 14.3. The molecule has 0 saturated heterocycles. The molecule has 1 amide bonds. The molecule has 0 radical (unpaired) electrons. The molecule has 8 nitrogen and oxygen atoms in total. The molecule has 0 aliphatic rings. The van der Waals surface area contributed by atoms with Crippen LogP contribution in [0.3, 0.4) is 0 Å². The van der Waals surface area contributed by atoms with Crippen molar-refractivity contribution in [1.29, 1.82) is 0 Å². The Bertz CT molecular complexity index is 879. The summed E-state index contributed by atoms with van der Waals surface area (Å²) in [6.07, 6.45) is 4.83. The van der Waals surface area contributed by atoms with Gasteiger partial charge >= 0.3 is 0 Å². The van der Waals surface area contributed by atoms with E-state index >= 15 is 0 Å². The van der Waals surface area contributed by atoms with Gasteiger partial charge in [0.25, 0.3) is 5.91 Å². The van der Waals surface area contributed by atoms with Gasteiger partial charge in [0.15, 0.2) is 5.69 Å². The first kappa shape index (κ1) is 16.8. The Morgan fingerprint density at radius 2 is 2.00 bits per heavy atom. The predicted molar refractivity (Wildman–Crippen MR) is 91.2 cm³/mol. The molecule has 3 aromatic rings. The normalized spacial score (nSPS) is 13.4. The first-order chi connectivity index (χ1) is 11.8. The van der Waals surface area contributed by atoms with Crippen LogP contribution in [0.5, 0.6) is 0 Å². The van der Waals surface area contributed by atoms with E-state index < -0.39 is 11.5 Å². The molecule has 2 aromatic heterocycles. The van der Waals surface area contributed by atoms with Gasteiger partial charge in [0.2, 0.25) is 0 Å². The molecule has 1 aromatic carbocycles. The second kappa shape index (κ2) is 6.48. The van der Waals surface area contributed by atoms with Gasteiger partial charge in [-0.15, -0.1) is 5.10 Å². The number of hydrogen-bond acceptors (Lipinski definition) is 5. The van der Waals surface area contributed by atoms with Crippen molar-refractivity contribution >= 4 is 5.91 Å². The van der Waals surface area contributed by atoms with Gasteiger partial charge in [-0.25, -0.2) is 4.68 Å². The van der Waals surface area contributed by atoms with E-state index in [0.29, 0.717) is 5.56 Å². The molecular weight excluding hydrogens is 320 g/mol. The number of hydrogen-bond donors (Lipinski definition) is 2. The van der Waals surface area contributed by atoms with E-state index in [1.165, 1.54) is 4.68 Å². The molecule has 25 heavy (non-hydrogen) atoms. The number of carbonyl (C=O) groups excluding carboxylic acids is 1. The van der Waals surface area contributed by atoms with Crippen molar-refractivity contribution in [3.05, 3.63) is 59.7 Å². The molecule has 1 unspecified atom stereocenters. The van der Waals surface area contributed by atoms with Crippen molar-refractivity contribution in [1.82, 2.24) is 30.1 Å². The highest BCUT2D eigenvalue weighted by atomic mass is 16.3. The third-order valence-electron chi connectivity index (χ3n) is 3.94. The second-order valence-corrected chi connectivity index (χ2v) is 6.24. The molecule has 3 rings (SSSR count). The molecule has 0 saturated carbocycles. The van der Waals surface area contributed by atoms with E-state index in [2.05, 4.69) is 20.7 Å². The minimum Gasteiger partial charge on any atom is -0.383 e. The molecule has 1 atom stereocenters. The van der Waals surface area contributed by atoms with Crippen LogP contribution in [-0.4, -0.2) is 42.3 Å². The van der Waals surface area contributed by atoms with Gasteiger partial charge in [0.1, 0.15) is 5.60 Å². The third-order valence-corrected chi connectivity index (χ3v) is 3.94. The molecular formula is C17H20N6O2. The van der Waals surface area contributed by atoms with Gasteiger partial charge in [0, 0.05) is 18.8 Å². The Morgan fingerprint density at radius 1 is 1.28 bits per heavy atom. The number of nitrogens with zero attached hydrogens (tertiary/aromatic N) is 5. The van der Waals surface area contributed by atoms with Gasteiger partial charge in [-0.2, -0.15) is 5.10 Å². The molecule has 2 N–H and O–H groups in total. The minimum atomic E-state index is -1.23. The van der Waals surface area contributed by atoms with Crippen molar-refractivity contribution in [2.75, 3.05) is 6.54 Å². The summed E-state index contributed by atoms with van der Waals surface area (Å²) in [5.41, 5.74) is 1.54. The highest BCUT2D eigenvalue weighted by Gasteiger charge is 2.26. The van der Waals surface area contributed by atoms with Crippen LogP contribution in [0.4, 0.5) is 0 Å². The van der Waals surface area contributed by atoms with Crippen LogP contribution in [0.1, 0.15) is 28.5 Å². The first-order valence-corrected chi connectivity index (χ1v) is 7.84. The number of rotatable bonds is 5. The van der Waals surface area contributed by atoms with Gasteiger partial charge < -0.3 is 10.4 Å². The topological polar surface area (TPSA) is 97.9 Å². The molecule has 0 aliphatic carbocycles. The van der Waals surface area contributed by atoms with Gasteiger partial charge in [-0.3, -0.25) is 9.48 Å². The standard InChI is InChI=1S/C17H20N6O2/c1-12-4-6-14(7-5-12)23-10-15(20-21-23)16(24)18-11-17(2,25)13-8-19-22(3)9-13/h4-10,25H,11H2,1-3H3,(H,18,24). The molecule has 0 aliphatic heterocycles. The van der Waals surface area contributed by atoms with E-state index in [1.807, 2.05) is 31.2 Å². The maximum absolute atomic E-state index is 12.3. The summed E-state index contributed by atoms with van der Waals surface area (Å²) in [5, 5.41) is 25.1. The van der Waals surface area contributed by atoms with Crippen LogP contribution in [0.2, 0.25) is 0 Å². The van der Waals surface area contributed by atoms with Crippen molar-refractivity contribution in [3.8, 4) is 5.69 Å². The van der Waals surface area contributed by atoms with Crippen molar-refractivity contribution in [3.63, 3.8) is 0 Å². The molecule has 0 fully saturated rings. The van der Waals surface area contributed by atoms with Crippen molar-refractivity contribution in [2.24, 2.45) is 7.05 Å². The summed E-state index contributed by atoms with van der Waals surface area (Å²) in [6, 6.07) is 7.72. The van der Waals surface area contributed by atoms with Crippen LogP contribution in [-0.2, 0) is 12.6 Å². The van der Waals surface area contributed by atoms with Crippen LogP contribution < -0.4 is 5.32 Å². The number of aryl methyl sites for hydroxylation is 2. The van der Waals surface area contributed by atoms with E-state index in [0.717, 1.165) is 11.3 Å². The molecule has 2 heterocycles. The lowest BCUT2D eigenvalue weighted by Crippen LogP contribution is -2.38. The number of aliphatic hydroxyl groups is 1. The number of amides is 1. The fraction of sp³-hybridized carbons (Fsp3) is 0.294. The Morgan fingerprint density at radius 3 is 2.64 bits per heavy atom. The van der Waals surface area contributed by atoms with Gasteiger partial charge in [-0.05, 0) is 26.0 Å². The quantitative estimate of drug-likeness (QED) is 0.720. The Hall–Kier alpha value is -3.00. The Kier molecular flexibility index (Phi) is 4.37. The first-order valence-electron chi connectivity index (χ1n) is 7.84. The zero-order valence-corrected chi connectivity index (χ0v) is 14.3.